The summed E-state index contributed by atoms with van der Waals surface area (Å²) >= 11 is 0. The standard InChI is InChI=1S/C48H44N4.2BrH/c1-35-13-25-41(26-14-35)49(3)45-29-31-51(47-11-7-5-9-43(45)47)33-37-17-21-39(22-18-37)40-23-19-38(20-24-40)34-52-32-30-46(44-10-6-8-12-48(44)52)50(4)42-27-15-36(2)16-28-42;;/h5-32H,33-34H2,1-4H3;2*1H/q+2;;/p-2. The summed E-state index contributed by atoms with van der Waals surface area (Å²) in [4.78, 5) is 4.55. The van der Waals surface area contributed by atoms with Crippen LogP contribution in [-0.4, -0.2) is 14.1 Å². The molecule has 6 heteroatoms. The maximum absolute atomic E-state index is 2.35. The fourth-order valence-corrected chi connectivity index (χ4v) is 7.22. The average molecular weight is 837 g/mol. The molecule has 0 N–H and O–H groups in total. The number of rotatable bonds is 9. The van der Waals surface area contributed by atoms with Crippen molar-refractivity contribution in [2.24, 2.45) is 0 Å². The van der Waals surface area contributed by atoms with Gasteiger partial charge < -0.3 is 43.8 Å². The minimum absolute atomic E-state index is 0. The number of nitrogens with zero attached hydrogens (tertiary/aromatic N) is 4. The molecule has 54 heavy (non-hydrogen) atoms. The number of aryl methyl sites for hydroxylation is 2. The van der Waals surface area contributed by atoms with Gasteiger partial charge in [0, 0.05) is 60.9 Å². The summed E-state index contributed by atoms with van der Waals surface area (Å²) in [5.74, 6) is 0. The maximum atomic E-state index is 2.35. The first-order chi connectivity index (χ1) is 25.4. The molecular weight excluding hydrogens is 792 g/mol. The van der Waals surface area contributed by atoms with Gasteiger partial charge >= 0.3 is 0 Å². The number of hydrogen-bond donors (Lipinski definition) is 0. The molecule has 0 bridgehead atoms. The Morgan fingerprint density at radius 2 is 0.759 bits per heavy atom. The molecule has 0 spiro atoms. The smallest absolute Gasteiger partial charge is 0.214 e. The van der Waals surface area contributed by atoms with E-state index in [1.165, 1.54) is 77.9 Å². The zero-order valence-electron chi connectivity index (χ0n) is 31.1. The van der Waals surface area contributed by atoms with Crippen molar-refractivity contribution in [1.29, 1.82) is 0 Å². The SMILES string of the molecule is Cc1ccc(N(C)c2cc[n+](Cc3ccc(-c4ccc(C[n+]5ccc(N(C)c6ccc(C)cc6)c6ccccc65)cc4)cc3)c3ccccc23)cc1.[Br-].[Br-]. The second-order valence-corrected chi connectivity index (χ2v) is 13.9. The molecule has 270 valence electrons. The van der Waals surface area contributed by atoms with Crippen LogP contribution in [0.3, 0.4) is 0 Å². The van der Waals surface area contributed by atoms with Crippen molar-refractivity contribution in [3.63, 3.8) is 0 Å². The summed E-state index contributed by atoms with van der Waals surface area (Å²) in [6.45, 7) is 5.86. The molecule has 0 atom stereocenters. The largest absolute Gasteiger partial charge is 1.00 e. The summed E-state index contributed by atoms with van der Waals surface area (Å²) in [5, 5.41) is 2.47. The molecule has 0 aliphatic rings. The fraction of sp³-hybridized carbons (Fsp3) is 0.125. The van der Waals surface area contributed by atoms with E-state index in [0.717, 1.165) is 13.1 Å². The van der Waals surface area contributed by atoms with Gasteiger partial charge in [-0.2, -0.15) is 9.13 Å². The van der Waals surface area contributed by atoms with Crippen molar-refractivity contribution in [3.05, 3.63) is 192 Å². The molecular formula is C48H44Br2N4. The molecule has 2 heterocycles. The van der Waals surface area contributed by atoms with Crippen LogP contribution in [0.2, 0.25) is 0 Å². The van der Waals surface area contributed by atoms with Crippen molar-refractivity contribution in [1.82, 2.24) is 0 Å². The van der Waals surface area contributed by atoms with E-state index >= 15 is 0 Å². The third kappa shape index (κ3) is 7.96. The van der Waals surface area contributed by atoms with Crippen LogP contribution in [0.25, 0.3) is 32.9 Å². The Bertz CT molecular complexity index is 2320. The van der Waals surface area contributed by atoms with E-state index in [9.17, 15) is 0 Å². The van der Waals surface area contributed by atoms with Crippen molar-refractivity contribution in [2.75, 3.05) is 23.9 Å². The highest BCUT2D eigenvalue weighted by Gasteiger charge is 2.18. The molecule has 0 aliphatic heterocycles. The van der Waals surface area contributed by atoms with Crippen molar-refractivity contribution < 1.29 is 43.1 Å². The zero-order chi connectivity index (χ0) is 35.6. The molecule has 8 rings (SSSR count). The molecule has 0 amide bonds. The Kier molecular flexibility index (Phi) is 12.0. The van der Waals surface area contributed by atoms with E-state index in [-0.39, 0.29) is 34.0 Å². The van der Waals surface area contributed by atoms with Crippen LogP contribution >= 0.6 is 0 Å². The highest BCUT2D eigenvalue weighted by molar-refractivity contribution is 5.92. The number of pyridine rings is 2. The highest BCUT2D eigenvalue weighted by atomic mass is 79.9. The molecule has 8 aromatic rings. The number of fused-ring (bicyclic) bond motifs is 2. The van der Waals surface area contributed by atoms with Gasteiger partial charge in [-0.3, -0.25) is 0 Å². The summed E-state index contributed by atoms with van der Waals surface area (Å²) in [6.07, 6.45) is 4.43. The van der Waals surface area contributed by atoms with Crippen LogP contribution in [0.5, 0.6) is 0 Å². The Morgan fingerprint density at radius 3 is 1.13 bits per heavy atom. The molecule has 4 nitrogen and oxygen atoms in total. The van der Waals surface area contributed by atoms with E-state index < -0.39 is 0 Å². The van der Waals surface area contributed by atoms with Gasteiger partial charge in [0.15, 0.2) is 25.5 Å². The van der Waals surface area contributed by atoms with Gasteiger partial charge in [0.05, 0.1) is 22.1 Å². The van der Waals surface area contributed by atoms with E-state index in [1.54, 1.807) is 0 Å². The van der Waals surface area contributed by atoms with Gasteiger partial charge in [0.25, 0.3) is 0 Å². The summed E-state index contributed by atoms with van der Waals surface area (Å²) in [6, 6.07) is 57.3. The van der Waals surface area contributed by atoms with Gasteiger partial charge in [0.1, 0.15) is 0 Å². The maximum Gasteiger partial charge on any atom is 0.214 e. The summed E-state index contributed by atoms with van der Waals surface area (Å²) in [5.41, 5.74) is 14.7. The van der Waals surface area contributed by atoms with Gasteiger partial charge in [-0.05, 0) is 61.4 Å². The van der Waals surface area contributed by atoms with Crippen molar-refractivity contribution in [2.45, 2.75) is 26.9 Å². The predicted octanol–water partition coefficient (Wildman–Crippen LogP) is 4.49. The highest BCUT2D eigenvalue weighted by Crippen LogP contribution is 2.31. The van der Waals surface area contributed by atoms with Crippen molar-refractivity contribution in [3.8, 4) is 11.1 Å². The molecule has 0 radical (unpaired) electrons. The fourth-order valence-electron chi connectivity index (χ4n) is 7.22. The second kappa shape index (κ2) is 16.8. The van der Waals surface area contributed by atoms with E-state index in [4.69, 9.17) is 0 Å². The second-order valence-electron chi connectivity index (χ2n) is 13.9. The molecule has 0 fully saturated rings. The third-order valence-electron chi connectivity index (χ3n) is 10.3. The first-order valence-electron chi connectivity index (χ1n) is 18.0. The van der Waals surface area contributed by atoms with Crippen LogP contribution in [0.15, 0.2) is 170 Å². The molecule has 2 aromatic heterocycles. The first kappa shape index (κ1) is 38.4. The molecule has 0 unspecified atom stereocenters. The third-order valence-corrected chi connectivity index (χ3v) is 10.3. The quantitative estimate of drug-likeness (QED) is 0.199. The van der Waals surface area contributed by atoms with Gasteiger partial charge in [-0.15, -0.1) is 0 Å². The van der Waals surface area contributed by atoms with Gasteiger partial charge in [-0.1, -0.05) is 108 Å². The molecule has 0 saturated heterocycles. The van der Waals surface area contributed by atoms with Crippen LogP contribution in [0, 0.1) is 13.8 Å². The number of hydrogen-bond acceptors (Lipinski definition) is 2. The van der Waals surface area contributed by atoms with Crippen LogP contribution < -0.4 is 52.9 Å². The predicted molar refractivity (Wildman–Crippen MR) is 217 cm³/mol. The normalized spacial score (nSPS) is 10.8. The Labute approximate surface area is 340 Å². The first-order valence-corrected chi connectivity index (χ1v) is 18.0. The number of halogens is 2. The van der Waals surface area contributed by atoms with E-state index in [0.29, 0.717) is 0 Å². The zero-order valence-corrected chi connectivity index (χ0v) is 34.3. The number of aromatic nitrogens is 2. The lowest BCUT2D eigenvalue weighted by Gasteiger charge is -2.21. The van der Waals surface area contributed by atoms with Gasteiger partial charge in [-0.25, -0.2) is 0 Å². The van der Waals surface area contributed by atoms with Crippen molar-refractivity contribution >= 4 is 44.6 Å². The number of benzene rings is 6. The summed E-state index contributed by atoms with van der Waals surface area (Å²) < 4.78 is 4.69. The lowest BCUT2D eigenvalue weighted by Crippen LogP contribution is -3.00. The van der Waals surface area contributed by atoms with E-state index in [1.807, 2.05) is 0 Å². The average Bonchev–Trinajstić information content (AvgIpc) is 3.19. The Morgan fingerprint density at radius 1 is 0.407 bits per heavy atom. The van der Waals surface area contributed by atoms with Gasteiger partial charge in [0.2, 0.25) is 11.0 Å². The minimum atomic E-state index is 0. The molecule has 6 aromatic carbocycles. The topological polar surface area (TPSA) is 14.2 Å². The molecule has 0 saturated carbocycles. The minimum Gasteiger partial charge on any atom is -1.00 e. The lowest BCUT2D eigenvalue weighted by molar-refractivity contribution is -0.662. The monoisotopic (exact) mass is 834 g/mol. The lowest BCUT2D eigenvalue weighted by atomic mass is 10.0. The number of para-hydroxylation sites is 2. The number of anilines is 4. The van der Waals surface area contributed by atoms with Crippen LogP contribution in [0.4, 0.5) is 22.7 Å². The molecule has 0 aliphatic carbocycles. The van der Waals surface area contributed by atoms with Crippen LogP contribution in [0.1, 0.15) is 22.3 Å². The van der Waals surface area contributed by atoms with E-state index in [2.05, 4.69) is 217 Å². The summed E-state index contributed by atoms with van der Waals surface area (Å²) in [7, 11) is 4.29. The Balaban J connectivity index is 0.00000249. The Hall–Kier alpha value is -5.30. The van der Waals surface area contributed by atoms with Crippen LogP contribution in [-0.2, 0) is 13.1 Å².